The monoisotopic (exact) mass is 295 g/mol. The number of hydrogen-bond acceptors (Lipinski definition) is 4. The van der Waals surface area contributed by atoms with Crippen LogP contribution in [0.3, 0.4) is 0 Å². The summed E-state index contributed by atoms with van der Waals surface area (Å²) in [6.45, 7) is 4.31. The van der Waals surface area contributed by atoms with Crippen molar-refractivity contribution in [1.82, 2.24) is 4.90 Å². The van der Waals surface area contributed by atoms with Crippen molar-refractivity contribution in [3.63, 3.8) is 0 Å². The zero-order valence-electron chi connectivity index (χ0n) is 12.6. The van der Waals surface area contributed by atoms with E-state index in [4.69, 9.17) is 14.6 Å². The van der Waals surface area contributed by atoms with Crippen molar-refractivity contribution < 1.29 is 24.2 Å². The van der Waals surface area contributed by atoms with Crippen molar-refractivity contribution in [2.24, 2.45) is 0 Å². The minimum Gasteiger partial charge on any atom is -0.493 e. The second kappa shape index (κ2) is 8.14. The quantitative estimate of drug-likeness (QED) is 0.794. The molecule has 0 radical (unpaired) electrons. The highest BCUT2D eigenvalue weighted by Gasteiger charge is 2.19. The van der Waals surface area contributed by atoms with Gasteiger partial charge in [-0.25, -0.2) is 0 Å². The maximum atomic E-state index is 12.4. The van der Waals surface area contributed by atoms with E-state index in [9.17, 15) is 9.59 Å². The Bertz CT molecular complexity index is 501. The third-order valence-corrected chi connectivity index (χ3v) is 2.82. The lowest BCUT2D eigenvalue weighted by molar-refractivity contribution is -0.137. The van der Waals surface area contributed by atoms with Crippen LogP contribution in [0.25, 0.3) is 0 Å². The van der Waals surface area contributed by atoms with E-state index in [2.05, 4.69) is 0 Å². The van der Waals surface area contributed by atoms with Crippen LogP contribution >= 0.6 is 0 Å². The summed E-state index contributed by atoms with van der Waals surface area (Å²) in [5, 5.41) is 8.88. The molecule has 0 saturated carbocycles. The Morgan fingerprint density at radius 2 is 1.95 bits per heavy atom. The summed E-state index contributed by atoms with van der Waals surface area (Å²) in [7, 11) is 1.49. The molecule has 1 aromatic rings. The van der Waals surface area contributed by atoms with Gasteiger partial charge in [-0.2, -0.15) is 0 Å². The zero-order chi connectivity index (χ0) is 15.8. The maximum absolute atomic E-state index is 12.4. The van der Waals surface area contributed by atoms with Crippen LogP contribution in [0.1, 0.15) is 30.6 Å². The number of carboxylic acid groups (broad SMARTS) is 1. The molecule has 1 N–H and O–H groups in total. The highest BCUT2D eigenvalue weighted by atomic mass is 16.5. The molecule has 0 aliphatic carbocycles. The molecule has 0 aliphatic rings. The fourth-order valence-corrected chi connectivity index (χ4v) is 1.94. The lowest BCUT2D eigenvalue weighted by Gasteiger charge is -2.20. The van der Waals surface area contributed by atoms with Gasteiger partial charge in [-0.05, 0) is 31.5 Å². The minimum atomic E-state index is -1.03. The molecule has 0 unspecified atom stereocenters. The van der Waals surface area contributed by atoms with Crippen molar-refractivity contribution in [3.05, 3.63) is 23.8 Å². The summed E-state index contributed by atoms with van der Waals surface area (Å²) in [6, 6.07) is 4.83. The first-order valence-corrected chi connectivity index (χ1v) is 6.85. The van der Waals surface area contributed by atoms with Gasteiger partial charge in [-0.1, -0.05) is 6.92 Å². The predicted octanol–water partition coefficient (Wildman–Crippen LogP) is 2.03. The molecule has 0 bridgehead atoms. The third kappa shape index (κ3) is 4.66. The normalized spacial score (nSPS) is 10.0. The number of benzene rings is 1. The number of nitrogens with zero attached hydrogens (tertiary/aromatic N) is 1. The molecule has 0 spiro atoms. The van der Waals surface area contributed by atoms with Gasteiger partial charge in [0.1, 0.15) is 6.54 Å². The Labute approximate surface area is 124 Å². The summed E-state index contributed by atoms with van der Waals surface area (Å²) in [4.78, 5) is 24.5. The topological polar surface area (TPSA) is 76.1 Å². The summed E-state index contributed by atoms with van der Waals surface area (Å²) < 4.78 is 10.6. The van der Waals surface area contributed by atoms with Gasteiger partial charge in [0.25, 0.3) is 5.91 Å². The van der Waals surface area contributed by atoms with E-state index in [1.807, 2.05) is 13.8 Å². The smallest absolute Gasteiger partial charge is 0.323 e. The first kappa shape index (κ1) is 16.8. The van der Waals surface area contributed by atoms with Crippen molar-refractivity contribution in [1.29, 1.82) is 0 Å². The van der Waals surface area contributed by atoms with Crippen LogP contribution in [0.5, 0.6) is 11.5 Å². The summed E-state index contributed by atoms with van der Waals surface area (Å²) in [5.74, 6) is -0.360. The number of rotatable bonds is 8. The first-order valence-electron chi connectivity index (χ1n) is 6.85. The molecule has 1 amide bonds. The van der Waals surface area contributed by atoms with Gasteiger partial charge in [0.05, 0.1) is 13.7 Å². The molecular formula is C15H21NO5. The van der Waals surface area contributed by atoms with Gasteiger partial charge in [0, 0.05) is 12.1 Å². The first-order chi connectivity index (χ1) is 10.0. The molecule has 6 nitrogen and oxygen atoms in total. The van der Waals surface area contributed by atoms with E-state index in [0.29, 0.717) is 36.6 Å². The maximum Gasteiger partial charge on any atom is 0.323 e. The number of ether oxygens (including phenoxy) is 2. The van der Waals surface area contributed by atoms with Gasteiger partial charge in [-0.3, -0.25) is 9.59 Å². The van der Waals surface area contributed by atoms with Crippen LogP contribution in [-0.2, 0) is 4.79 Å². The van der Waals surface area contributed by atoms with Gasteiger partial charge >= 0.3 is 5.97 Å². The standard InChI is InChI=1S/C15H21NO5/c1-4-8-16(10-14(17)18)15(19)11-6-7-12(21-5-2)13(9-11)20-3/h6-7,9H,4-5,8,10H2,1-3H3,(H,17,18). The molecule has 21 heavy (non-hydrogen) atoms. The lowest BCUT2D eigenvalue weighted by atomic mass is 10.1. The van der Waals surface area contributed by atoms with Crippen molar-refractivity contribution >= 4 is 11.9 Å². The lowest BCUT2D eigenvalue weighted by Crippen LogP contribution is -2.36. The van der Waals surface area contributed by atoms with E-state index in [1.54, 1.807) is 18.2 Å². The average molecular weight is 295 g/mol. The summed E-state index contributed by atoms with van der Waals surface area (Å²) >= 11 is 0. The Morgan fingerprint density at radius 1 is 1.24 bits per heavy atom. The zero-order valence-corrected chi connectivity index (χ0v) is 12.6. The predicted molar refractivity (Wildman–Crippen MR) is 78.0 cm³/mol. The number of amides is 1. The second-order valence-corrected chi connectivity index (χ2v) is 4.42. The molecule has 1 aromatic carbocycles. The highest BCUT2D eigenvalue weighted by Crippen LogP contribution is 2.28. The molecular weight excluding hydrogens is 274 g/mol. The third-order valence-electron chi connectivity index (χ3n) is 2.82. The van der Waals surface area contributed by atoms with E-state index in [1.165, 1.54) is 12.0 Å². The van der Waals surface area contributed by atoms with Crippen LogP contribution in [0, 0.1) is 0 Å². The molecule has 6 heteroatoms. The molecule has 0 atom stereocenters. The summed E-state index contributed by atoms with van der Waals surface area (Å²) in [6.07, 6.45) is 0.688. The minimum absolute atomic E-state index is 0.317. The Morgan fingerprint density at radius 3 is 2.48 bits per heavy atom. The van der Waals surface area contributed by atoms with E-state index in [-0.39, 0.29) is 12.5 Å². The Kier molecular flexibility index (Phi) is 6.52. The Hall–Kier alpha value is -2.24. The van der Waals surface area contributed by atoms with E-state index in [0.717, 1.165) is 0 Å². The molecule has 0 saturated heterocycles. The van der Waals surface area contributed by atoms with Crippen LogP contribution in [0.15, 0.2) is 18.2 Å². The van der Waals surface area contributed by atoms with Gasteiger partial charge in [0.15, 0.2) is 11.5 Å². The van der Waals surface area contributed by atoms with E-state index >= 15 is 0 Å². The molecule has 116 valence electrons. The van der Waals surface area contributed by atoms with Gasteiger partial charge in [0.2, 0.25) is 0 Å². The van der Waals surface area contributed by atoms with Crippen LogP contribution in [-0.4, -0.2) is 48.7 Å². The van der Waals surface area contributed by atoms with Crippen molar-refractivity contribution in [2.75, 3.05) is 26.8 Å². The molecule has 0 fully saturated rings. The molecule has 0 heterocycles. The second-order valence-electron chi connectivity index (χ2n) is 4.42. The van der Waals surface area contributed by atoms with Crippen molar-refractivity contribution in [2.45, 2.75) is 20.3 Å². The fraction of sp³-hybridized carbons (Fsp3) is 0.467. The van der Waals surface area contributed by atoms with Crippen LogP contribution in [0.2, 0.25) is 0 Å². The number of carboxylic acids is 1. The molecule has 0 aliphatic heterocycles. The average Bonchev–Trinajstić information content (AvgIpc) is 2.46. The number of hydrogen-bond donors (Lipinski definition) is 1. The van der Waals surface area contributed by atoms with Gasteiger partial charge < -0.3 is 19.5 Å². The van der Waals surface area contributed by atoms with Crippen LogP contribution in [0.4, 0.5) is 0 Å². The van der Waals surface area contributed by atoms with Crippen LogP contribution < -0.4 is 9.47 Å². The SMILES string of the molecule is CCCN(CC(=O)O)C(=O)c1ccc(OCC)c(OC)c1. The summed E-state index contributed by atoms with van der Waals surface area (Å²) in [5.41, 5.74) is 0.380. The van der Waals surface area contributed by atoms with E-state index < -0.39 is 5.97 Å². The largest absolute Gasteiger partial charge is 0.493 e. The van der Waals surface area contributed by atoms with Gasteiger partial charge in [-0.15, -0.1) is 0 Å². The van der Waals surface area contributed by atoms with Crippen molar-refractivity contribution in [3.8, 4) is 11.5 Å². The molecule has 0 aromatic heterocycles. The number of carbonyl (C=O) groups excluding carboxylic acids is 1. The Balaban J connectivity index is 3.01. The number of carbonyl (C=O) groups is 2. The molecule has 1 rings (SSSR count). The highest BCUT2D eigenvalue weighted by molar-refractivity contribution is 5.96. The fourth-order valence-electron chi connectivity index (χ4n) is 1.94. The number of methoxy groups -OCH3 is 1. The number of aliphatic carboxylic acids is 1.